The molecule has 0 aromatic rings. The van der Waals surface area contributed by atoms with Crippen LogP contribution in [-0.4, -0.2) is 35.5 Å². The normalized spacial score (nSPS) is 22.9. The van der Waals surface area contributed by atoms with E-state index in [0.29, 0.717) is 0 Å². The number of rotatable bonds is 4. The van der Waals surface area contributed by atoms with Crippen molar-refractivity contribution in [3.05, 3.63) is 0 Å². The molecule has 0 saturated carbocycles. The van der Waals surface area contributed by atoms with Gasteiger partial charge in [0.2, 0.25) is 5.91 Å². The monoisotopic (exact) mass is 243 g/mol. The fourth-order valence-electron chi connectivity index (χ4n) is 1.65. The first-order valence-electron chi connectivity index (χ1n) is 5.77. The van der Waals surface area contributed by atoms with Crippen LogP contribution in [0.5, 0.6) is 0 Å². The smallest absolute Gasteiger partial charge is 0.244 e. The molecule has 0 spiro atoms. The van der Waals surface area contributed by atoms with E-state index in [2.05, 4.69) is 29.5 Å². The number of hydrogen-bond acceptors (Lipinski definition) is 3. The molecule has 1 unspecified atom stereocenters. The molecular formula is C11H21N3OS. The summed E-state index contributed by atoms with van der Waals surface area (Å²) in [6.45, 7) is 6.18. The van der Waals surface area contributed by atoms with Crippen molar-refractivity contribution >= 4 is 22.8 Å². The molecule has 1 amide bonds. The molecule has 0 bridgehead atoms. The molecule has 0 aliphatic carbocycles. The zero-order valence-electron chi connectivity index (χ0n) is 10.5. The standard InChI is InChI=1S/C11H21N3OS/c1-5-11(6-2)7-16-10(14-11)13-8(3)9(15)12-4/h8H,5-7H2,1-4H3,(H,12,15)(H,13,14). The van der Waals surface area contributed by atoms with Gasteiger partial charge in [0.1, 0.15) is 6.04 Å². The van der Waals surface area contributed by atoms with Crippen LogP contribution in [0, 0.1) is 0 Å². The Morgan fingerprint density at radius 3 is 2.69 bits per heavy atom. The van der Waals surface area contributed by atoms with Gasteiger partial charge in [-0.2, -0.15) is 0 Å². The molecule has 1 aliphatic heterocycles. The van der Waals surface area contributed by atoms with Crippen LogP contribution in [0.4, 0.5) is 0 Å². The summed E-state index contributed by atoms with van der Waals surface area (Å²) < 4.78 is 0. The number of likely N-dealkylation sites (N-methyl/N-ethyl adjacent to an activating group) is 1. The largest absolute Gasteiger partial charge is 0.359 e. The van der Waals surface area contributed by atoms with E-state index in [1.54, 1.807) is 18.8 Å². The number of hydrogen-bond donors (Lipinski definition) is 2. The van der Waals surface area contributed by atoms with Gasteiger partial charge in [-0.1, -0.05) is 25.6 Å². The van der Waals surface area contributed by atoms with Crippen molar-refractivity contribution in [1.29, 1.82) is 0 Å². The predicted octanol–water partition coefficient (Wildman–Crippen LogP) is 1.37. The molecule has 1 atom stereocenters. The molecule has 0 radical (unpaired) electrons. The Kier molecular flexibility index (Phi) is 4.65. The molecule has 1 aliphatic rings. The van der Waals surface area contributed by atoms with Crippen LogP contribution in [0.2, 0.25) is 0 Å². The minimum absolute atomic E-state index is 0.0413. The van der Waals surface area contributed by atoms with Crippen LogP contribution in [0.25, 0.3) is 0 Å². The Morgan fingerprint density at radius 2 is 2.25 bits per heavy atom. The third kappa shape index (κ3) is 2.90. The first-order valence-corrected chi connectivity index (χ1v) is 6.76. The topological polar surface area (TPSA) is 53.5 Å². The molecule has 1 heterocycles. The summed E-state index contributed by atoms with van der Waals surface area (Å²) in [5, 5.41) is 6.95. The Morgan fingerprint density at radius 1 is 1.62 bits per heavy atom. The van der Waals surface area contributed by atoms with E-state index in [0.717, 1.165) is 23.8 Å². The maximum absolute atomic E-state index is 11.3. The van der Waals surface area contributed by atoms with Crippen LogP contribution in [0.15, 0.2) is 4.99 Å². The van der Waals surface area contributed by atoms with E-state index < -0.39 is 0 Å². The number of amidine groups is 1. The van der Waals surface area contributed by atoms with Crippen LogP contribution < -0.4 is 10.6 Å². The number of amides is 1. The van der Waals surface area contributed by atoms with Gasteiger partial charge in [0.05, 0.1) is 0 Å². The van der Waals surface area contributed by atoms with E-state index in [1.807, 2.05) is 6.92 Å². The summed E-state index contributed by atoms with van der Waals surface area (Å²) in [7, 11) is 1.64. The highest BCUT2D eigenvalue weighted by Gasteiger charge is 2.34. The van der Waals surface area contributed by atoms with Gasteiger partial charge in [-0.25, -0.2) is 4.99 Å². The molecule has 4 nitrogen and oxygen atoms in total. The lowest BCUT2D eigenvalue weighted by atomic mass is 9.96. The van der Waals surface area contributed by atoms with Crippen molar-refractivity contribution in [3.63, 3.8) is 0 Å². The minimum Gasteiger partial charge on any atom is -0.359 e. The number of nitrogens with one attached hydrogen (secondary N) is 2. The van der Waals surface area contributed by atoms with Gasteiger partial charge in [-0.05, 0) is 19.8 Å². The highest BCUT2D eigenvalue weighted by atomic mass is 32.2. The van der Waals surface area contributed by atoms with Gasteiger partial charge in [-0.3, -0.25) is 4.79 Å². The Bertz CT molecular complexity index is 287. The second-order valence-electron chi connectivity index (χ2n) is 4.13. The van der Waals surface area contributed by atoms with Gasteiger partial charge in [-0.15, -0.1) is 0 Å². The minimum atomic E-state index is -0.315. The summed E-state index contributed by atoms with van der Waals surface area (Å²) >= 11 is 1.71. The molecule has 92 valence electrons. The van der Waals surface area contributed by atoms with Crippen LogP contribution in [0.3, 0.4) is 0 Å². The van der Waals surface area contributed by atoms with E-state index in [4.69, 9.17) is 0 Å². The number of aliphatic imine (C=N–C) groups is 1. The van der Waals surface area contributed by atoms with E-state index >= 15 is 0 Å². The summed E-state index contributed by atoms with van der Waals surface area (Å²) in [5.74, 6) is 1.000. The number of nitrogens with zero attached hydrogens (tertiary/aromatic N) is 1. The van der Waals surface area contributed by atoms with Crippen molar-refractivity contribution in [2.45, 2.75) is 45.2 Å². The van der Waals surface area contributed by atoms with Crippen molar-refractivity contribution in [2.75, 3.05) is 12.8 Å². The fraction of sp³-hybridized carbons (Fsp3) is 0.818. The lowest BCUT2D eigenvalue weighted by molar-refractivity contribution is -0.121. The summed E-state index contributed by atoms with van der Waals surface area (Å²) in [5.41, 5.74) is 0.173. The predicted molar refractivity (Wildman–Crippen MR) is 69.9 cm³/mol. The number of thioether (sulfide) groups is 1. The fourth-order valence-corrected chi connectivity index (χ4v) is 3.06. The SMILES string of the molecule is CCC1(CC)CSC(=NC(C)C(=O)NC)N1. The molecule has 16 heavy (non-hydrogen) atoms. The second kappa shape index (κ2) is 5.57. The average Bonchev–Trinajstić information content (AvgIpc) is 2.72. The van der Waals surface area contributed by atoms with E-state index in [1.165, 1.54) is 0 Å². The molecule has 0 aromatic heterocycles. The zero-order valence-corrected chi connectivity index (χ0v) is 11.3. The molecular weight excluding hydrogens is 222 g/mol. The van der Waals surface area contributed by atoms with Crippen molar-refractivity contribution < 1.29 is 4.79 Å². The van der Waals surface area contributed by atoms with E-state index in [-0.39, 0.29) is 17.5 Å². The van der Waals surface area contributed by atoms with Crippen molar-refractivity contribution in [2.24, 2.45) is 4.99 Å². The van der Waals surface area contributed by atoms with E-state index in [9.17, 15) is 4.79 Å². The Balaban J connectivity index is 2.65. The van der Waals surface area contributed by atoms with Gasteiger partial charge in [0, 0.05) is 18.3 Å². The highest BCUT2D eigenvalue weighted by Crippen LogP contribution is 2.29. The van der Waals surface area contributed by atoms with Gasteiger partial charge >= 0.3 is 0 Å². The van der Waals surface area contributed by atoms with Gasteiger partial charge in [0.25, 0.3) is 0 Å². The summed E-state index contributed by atoms with van der Waals surface area (Å²) in [6, 6.07) is -0.315. The zero-order chi connectivity index (χ0) is 12.2. The lowest BCUT2D eigenvalue weighted by Gasteiger charge is -2.25. The number of carbonyl (C=O) groups excluding carboxylic acids is 1. The molecule has 1 saturated heterocycles. The third-order valence-electron chi connectivity index (χ3n) is 3.15. The first-order chi connectivity index (χ1) is 7.56. The second-order valence-corrected chi connectivity index (χ2v) is 5.09. The Hall–Kier alpha value is -0.710. The average molecular weight is 243 g/mol. The van der Waals surface area contributed by atoms with Crippen molar-refractivity contribution in [1.82, 2.24) is 10.6 Å². The Labute approximate surface area is 102 Å². The summed E-state index contributed by atoms with van der Waals surface area (Å²) in [4.78, 5) is 15.7. The summed E-state index contributed by atoms with van der Waals surface area (Å²) in [6.07, 6.45) is 2.17. The van der Waals surface area contributed by atoms with Crippen LogP contribution >= 0.6 is 11.8 Å². The maximum atomic E-state index is 11.3. The molecule has 0 aromatic carbocycles. The van der Waals surface area contributed by atoms with Crippen LogP contribution in [-0.2, 0) is 4.79 Å². The highest BCUT2D eigenvalue weighted by molar-refractivity contribution is 8.14. The lowest BCUT2D eigenvalue weighted by Crippen LogP contribution is -2.43. The third-order valence-corrected chi connectivity index (χ3v) is 4.33. The van der Waals surface area contributed by atoms with Gasteiger partial charge < -0.3 is 10.6 Å². The van der Waals surface area contributed by atoms with Crippen LogP contribution in [0.1, 0.15) is 33.6 Å². The quantitative estimate of drug-likeness (QED) is 0.784. The maximum Gasteiger partial charge on any atom is 0.244 e. The molecule has 1 rings (SSSR count). The molecule has 2 N–H and O–H groups in total. The molecule has 5 heteroatoms. The van der Waals surface area contributed by atoms with Crippen molar-refractivity contribution in [3.8, 4) is 0 Å². The van der Waals surface area contributed by atoms with Gasteiger partial charge in [0.15, 0.2) is 5.17 Å². The molecule has 1 fully saturated rings. The first kappa shape index (κ1) is 13.4. The number of carbonyl (C=O) groups is 1.